The van der Waals surface area contributed by atoms with E-state index in [4.69, 9.17) is 26.2 Å². The van der Waals surface area contributed by atoms with Crippen molar-refractivity contribution in [2.75, 3.05) is 6.61 Å². The van der Waals surface area contributed by atoms with Crippen molar-refractivity contribution in [3.8, 4) is 11.5 Å². The summed E-state index contributed by atoms with van der Waals surface area (Å²) in [5.74, 6) is -0.183. The minimum absolute atomic E-state index is 0.0122. The van der Waals surface area contributed by atoms with Crippen molar-refractivity contribution in [3.63, 3.8) is 0 Å². The first kappa shape index (κ1) is 22.4. The molecule has 0 aliphatic carbocycles. The van der Waals surface area contributed by atoms with Gasteiger partial charge in [0.15, 0.2) is 6.61 Å². The van der Waals surface area contributed by atoms with Crippen LogP contribution in [0.5, 0.6) is 11.5 Å². The molecule has 2 fully saturated rings. The molecular weight excluding hydrogens is 437 g/mol. The number of carboxylic acid groups (broad SMARTS) is 1. The van der Waals surface area contributed by atoms with E-state index in [-0.39, 0.29) is 49.4 Å². The average molecular weight is 462 g/mol. The Morgan fingerprint density at radius 2 is 1.78 bits per heavy atom. The summed E-state index contributed by atoms with van der Waals surface area (Å²) in [4.78, 5) is 25.8. The van der Waals surface area contributed by atoms with E-state index in [1.54, 1.807) is 30.3 Å². The van der Waals surface area contributed by atoms with Gasteiger partial charge in [0.2, 0.25) is 0 Å². The molecule has 1 amide bonds. The van der Waals surface area contributed by atoms with Gasteiger partial charge >= 0.3 is 5.97 Å². The summed E-state index contributed by atoms with van der Waals surface area (Å²) in [6.07, 6.45) is 3.51. The molecule has 1 unspecified atom stereocenters. The lowest BCUT2D eigenvalue weighted by Gasteiger charge is -2.38. The van der Waals surface area contributed by atoms with E-state index in [2.05, 4.69) is 0 Å². The molecule has 0 saturated carbocycles. The maximum Gasteiger partial charge on any atom is 0.303 e. The maximum absolute atomic E-state index is 13.1. The summed E-state index contributed by atoms with van der Waals surface area (Å²) in [5, 5.41) is 9.44. The molecule has 2 aromatic rings. The van der Waals surface area contributed by atoms with Gasteiger partial charge in [0.25, 0.3) is 5.91 Å². The number of carbonyl (C=O) groups excluding carboxylic acids is 1. The number of hydrogen-bond donors (Lipinski definition) is 1. The number of aliphatic carboxylic acids is 1. The van der Waals surface area contributed by atoms with Gasteiger partial charge < -0.3 is 19.5 Å². The fourth-order valence-corrected chi connectivity index (χ4v) is 4.87. The molecule has 32 heavy (non-hydrogen) atoms. The minimum atomic E-state index is -0.908. The van der Waals surface area contributed by atoms with E-state index >= 15 is 0 Å². The van der Waals surface area contributed by atoms with Crippen molar-refractivity contribution in [1.82, 2.24) is 4.90 Å². The Bertz CT molecular complexity index is 969. The number of ether oxygens (including phenoxy) is 2. The van der Waals surface area contributed by atoms with Gasteiger partial charge in [-0.1, -0.05) is 11.6 Å². The maximum atomic E-state index is 13.1. The van der Waals surface area contributed by atoms with Crippen molar-refractivity contribution in [1.29, 1.82) is 0 Å². The molecule has 2 aliphatic heterocycles. The Hall–Kier alpha value is -2.80. The molecule has 170 valence electrons. The van der Waals surface area contributed by atoms with Crippen LogP contribution in [0.2, 0.25) is 5.02 Å². The van der Waals surface area contributed by atoms with Crippen LogP contribution < -0.4 is 9.47 Å². The molecule has 0 radical (unpaired) electrons. The quantitative estimate of drug-likeness (QED) is 0.627. The van der Waals surface area contributed by atoms with Crippen LogP contribution in [0.25, 0.3) is 0 Å². The lowest BCUT2D eigenvalue weighted by molar-refractivity contribution is -0.139. The minimum Gasteiger partial charge on any atom is -0.490 e. The first-order chi connectivity index (χ1) is 15.4. The van der Waals surface area contributed by atoms with Crippen LogP contribution in [0, 0.1) is 5.82 Å². The Labute approximate surface area is 190 Å². The third kappa shape index (κ3) is 5.33. The molecule has 2 aliphatic rings. The Balaban J connectivity index is 1.35. The number of aryl methyl sites for hydroxylation is 1. The lowest BCUT2D eigenvalue weighted by atomic mass is 9.99. The lowest BCUT2D eigenvalue weighted by Crippen LogP contribution is -2.50. The third-order valence-electron chi connectivity index (χ3n) is 6.08. The van der Waals surface area contributed by atoms with Crippen LogP contribution in [0.3, 0.4) is 0 Å². The zero-order valence-corrected chi connectivity index (χ0v) is 18.3. The van der Waals surface area contributed by atoms with Crippen LogP contribution in [0.15, 0.2) is 42.5 Å². The average Bonchev–Trinajstić information content (AvgIpc) is 3.03. The van der Waals surface area contributed by atoms with E-state index in [1.807, 2.05) is 4.90 Å². The number of amides is 1. The smallest absolute Gasteiger partial charge is 0.303 e. The van der Waals surface area contributed by atoms with Gasteiger partial charge in [-0.25, -0.2) is 4.39 Å². The largest absolute Gasteiger partial charge is 0.490 e. The second kappa shape index (κ2) is 9.77. The summed E-state index contributed by atoms with van der Waals surface area (Å²) >= 11 is 6.03. The first-order valence-corrected chi connectivity index (χ1v) is 11.1. The first-order valence-electron chi connectivity index (χ1n) is 10.8. The van der Waals surface area contributed by atoms with Gasteiger partial charge in [-0.15, -0.1) is 0 Å². The number of nitrogens with zero attached hydrogens (tertiary/aromatic N) is 1. The fraction of sp³-hybridized carbons (Fsp3) is 0.417. The van der Waals surface area contributed by atoms with Gasteiger partial charge in [-0.2, -0.15) is 0 Å². The highest BCUT2D eigenvalue weighted by molar-refractivity contribution is 6.30. The molecular formula is C24H25ClFNO5. The van der Waals surface area contributed by atoms with E-state index in [1.165, 1.54) is 12.1 Å². The summed E-state index contributed by atoms with van der Waals surface area (Å²) in [6.45, 7) is -0.113. The monoisotopic (exact) mass is 461 g/mol. The summed E-state index contributed by atoms with van der Waals surface area (Å²) in [5.41, 5.74) is 0.669. The predicted octanol–water partition coefficient (Wildman–Crippen LogP) is 4.48. The number of rotatable bonds is 8. The van der Waals surface area contributed by atoms with E-state index in [0.717, 1.165) is 25.7 Å². The third-order valence-corrected chi connectivity index (χ3v) is 6.31. The molecule has 2 heterocycles. The van der Waals surface area contributed by atoms with Crippen LogP contribution in [-0.4, -0.2) is 46.7 Å². The molecule has 4 rings (SSSR count). The number of benzene rings is 2. The second-order valence-electron chi connectivity index (χ2n) is 8.29. The van der Waals surface area contributed by atoms with Crippen LogP contribution in [-0.2, 0) is 16.0 Å². The summed E-state index contributed by atoms with van der Waals surface area (Å²) in [7, 11) is 0. The van der Waals surface area contributed by atoms with Gasteiger partial charge in [-0.3, -0.25) is 9.59 Å². The zero-order chi connectivity index (χ0) is 22.7. The van der Waals surface area contributed by atoms with Crippen LogP contribution >= 0.6 is 11.6 Å². The highest BCUT2D eigenvalue weighted by atomic mass is 35.5. The Kier molecular flexibility index (Phi) is 6.84. The van der Waals surface area contributed by atoms with E-state index in [9.17, 15) is 14.0 Å². The van der Waals surface area contributed by atoms with Crippen molar-refractivity contribution < 1.29 is 28.6 Å². The molecule has 2 saturated heterocycles. The van der Waals surface area contributed by atoms with Gasteiger partial charge in [0, 0.05) is 36.4 Å². The molecule has 3 atom stereocenters. The predicted molar refractivity (Wildman–Crippen MR) is 117 cm³/mol. The number of hydrogen-bond acceptors (Lipinski definition) is 4. The molecule has 6 nitrogen and oxygen atoms in total. The second-order valence-corrected chi connectivity index (χ2v) is 8.72. The van der Waals surface area contributed by atoms with E-state index < -0.39 is 5.97 Å². The number of halogens is 2. The Morgan fingerprint density at radius 1 is 1.09 bits per heavy atom. The zero-order valence-electron chi connectivity index (χ0n) is 17.5. The summed E-state index contributed by atoms with van der Waals surface area (Å²) in [6, 6.07) is 11.2. The number of carboxylic acids is 1. The Morgan fingerprint density at radius 3 is 2.44 bits per heavy atom. The highest BCUT2D eigenvalue weighted by Crippen LogP contribution is 2.37. The van der Waals surface area contributed by atoms with Gasteiger partial charge in [-0.05, 0) is 67.3 Å². The summed E-state index contributed by atoms with van der Waals surface area (Å²) < 4.78 is 24.9. The fourth-order valence-electron chi connectivity index (χ4n) is 4.68. The standard InChI is InChI=1S/C24H25ClFNO5/c25-16-2-9-22(15(11-16)1-10-24(29)30)31-14-23(28)27-18-5-6-19(27)13-21(12-18)32-20-7-3-17(26)4-8-20/h2-4,7-9,11,18-19,21H,1,5-6,10,12-14H2,(H,29,30)/t18-,19+,21?. The molecule has 8 heteroatoms. The molecule has 0 aromatic heterocycles. The molecule has 2 aromatic carbocycles. The normalized spacial score (nSPS) is 21.9. The van der Waals surface area contributed by atoms with Crippen molar-refractivity contribution in [2.45, 2.75) is 56.7 Å². The van der Waals surface area contributed by atoms with Crippen molar-refractivity contribution in [2.24, 2.45) is 0 Å². The molecule has 0 spiro atoms. The molecule has 1 N–H and O–H groups in total. The number of piperidine rings is 1. The van der Waals surface area contributed by atoms with Crippen molar-refractivity contribution >= 4 is 23.5 Å². The molecule has 2 bridgehead atoms. The van der Waals surface area contributed by atoms with Crippen LogP contribution in [0.4, 0.5) is 4.39 Å². The topological polar surface area (TPSA) is 76.1 Å². The van der Waals surface area contributed by atoms with Crippen LogP contribution in [0.1, 0.15) is 37.7 Å². The number of fused-ring (bicyclic) bond motifs is 2. The van der Waals surface area contributed by atoms with E-state index in [0.29, 0.717) is 22.1 Å². The van der Waals surface area contributed by atoms with Crippen molar-refractivity contribution in [3.05, 3.63) is 58.9 Å². The SMILES string of the molecule is O=C(O)CCc1cc(Cl)ccc1OCC(=O)N1[C@@H]2CC[C@H]1CC(Oc1ccc(F)cc1)C2. The highest BCUT2D eigenvalue weighted by Gasteiger charge is 2.44. The van der Waals surface area contributed by atoms with Gasteiger partial charge in [0.1, 0.15) is 23.4 Å². The van der Waals surface area contributed by atoms with Gasteiger partial charge in [0.05, 0.1) is 0 Å². The number of carbonyl (C=O) groups is 2.